The van der Waals surface area contributed by atoms with Gasteiger partial charge in [0.05, 0.1) is 20.1 Å². The monoisotopic (exact) mass is 236 g/mol. The Morgan fingerprint density at radius 2 is 1.76 bits per heavy atom. The summed E-state index contributed by atoms with van der Waals surface area (Å²) >= 11 is 0. The molecule has 0 aromatic heterocycles. The number of hydrogen-bond donors (Lipinski definition) is 0. The summed E-state index contributed by atoms with van der Waals surface area (Å²) in [6.07, 6.45) is 9.20. The number of unbranched alkanes of at least 4 members (excludes halogenated alkanes) is 3. The zero-order chi connectivity index (χ0) is 12.6. The highest BCUT2D eigenvalue weighted by molar-refractivity contribution is 4.99. The second-order valence-electron chi connectivity index (χ2n) is 5.89. The fourth-order valence-electron chi connectivity index (χ4n) is 2.61. The summed E-state index contributed by atoms with van der Waals surface area (Å²) in [4.78, 5) is 0. The van der Waals surface area contributed by atoms with Gasteiger partial charge in [-0.1, -0.05) is 39.0 Å². The van der Waals surface area contributed by atoms with Crippen LogP contribution in [0.15, 0.2) is 0 Å². The minimum absolute atomic E-state index is 0.985. The van der Waals surface area contributed by atoms with Gasteiger partial charge >= 0.3 is 0 Å². The third-order valence-electron chi connectivity index (χ3n) is 4.22. The van der Waals surface area contributed by atoms with Crippen LogP contribution >= 0.6 is 0 Å². The van der Waals surface area contributed by atoms with Gasteiger partial charge in [-0.25, -0.2) is 0 Å². The van der Waals surface area contributed by atoms with E-state index in [4.69, 9.17) is 0 Å². The van der Waals surface area contributed by atoms with Crippen LogP contribution in [0.5, 0.6) is 0 Å². The maximum absolute atomic E-state index is 3.41. The van der Waals surface area contributed by atoms with Crippen LogP contribution in [-0.2, 0) is 0 Å². The lowest BCUT2D eigenvalue weighted by atomic mass is 9.93. The van der Waals surface area contributed by atoms with Gasteiger partial charge in [-0.05, 0) is 31.1 Å². The van der Waals surface area contributed by atoms with Crippen molar-refractivity contribution in [3.63, 3.8) is 0 Å². The van der Waals surface area contributed by atoms with Crippen LogP contribution in [0, 0.1) is 17.8 Å². The molecular weight excluding hydrogens is 206 g/mol. The Bertz CT molecular complexity index is 250. The zero-order valence-electron chi connectivity index (χ0n) is 12.1. The van der Waals surface area contributed by atoms with E-state index in [1.54, 1.807) is 0 Å². The van der Waals surface area contributed by atoms with Crippen LogP contribution in [0.25, 0.3) is 0 Å². The molecule has 0 aromatic carbocycles. The first-order chi connectivity index (χ1) is 8.20. The molecule has 0 bridgehead atoms. The highest BCUT2D eigenvalue weighted by atomic mass is 15.3. The fourth-order valence-corrected chi connectivity index (χ4v) is 2.61. The van der Waals surface area contributed by atoms with Gasteiger partial charge in [-0.15, -0.1) is 0 Å². The fraction of sp³-hybridized carbons (Fsp3) is 0.875. The summed E-state index contributed by atoms with van der Waals surface area (Å²) in [5.41, 5.74) is 0. The van der Waals surface area contributed by atoms with E-state index in [1.165, 1.54) is 56.1 Å². The Hall–Kier alpha value is -0.480. The lowest BCUT2D eigenvalue weighted by Crippen LogP contribution is -2.49. The molecule has 0 saturated carbocycles. The summed E-state index contributed by atoms with van der Waals surface area (Å²) in [6.45, 7) is 8.32. The van der Waals surface area contributed by atoms with Crippen LogP contribution in [0.2, 0.25) is 0 Å². The lowest BCUT2D eigenvalue weighted by molar-refractivity contribution is -0.908. The Labute approximate surface area is 108 Å². The molecule has 0 N–H and O–H groups in total. The molecule has 0 amide bonds. The predicted molar refractivity (Wildman–Crippen MR) is 75.7 cm³/mol. The maximum atomic E-state index is 3.41. The molecule has 98 valence electrons. The van der Waals surface area contributed by atoms with Crippen LogP contribution < -0.4 is 0 Å². The number of quaternary nitrogens is 1. The first-order valence-electron chi connectivity index (χ1n) is 7.49. The molecule has 0 radical (unpaired) electrons. The molecule has 0 atom stereocenters. The average Bonchev–Trinajstić information content (AvgIpc) is 2.35. The van der Waals surface area contributed by atoms with Gasteiger partial charge in [0.25, 0.3) is 0 Å². The van der Waals surface area contributed by atoms with Gasteiger partial charge in [0.2, 0.25) is 0 Å². The Kier molecular flexibility index (Phi) is 6.66. The molecule has 17 heavy (non-hydrogen) atoms. The number of rotatable bonds is 5. The molecule has 0 spiro atoms. The van der Waals surface area contributed by atoms with E-state index in [0.717, 1.165) is 18.9 Å². The van der Waals surface area contributed by atoms with E-state index in [0.29, 0.717) is 0 Å². The molecule has 1 saturated heterocycles. The van der Waals surface area contributed by atoms with Crippen molar-refractivity contribution >= 4 is 0 Å². The van der Waals surface area contributed by atoms with Crippen LogP contribution in [0.4, 0.5) is 0 Å². The van der Waals surface area contributed by atoms with Gasteiger partial charge in [-0.3, -0.25) is 0 Å². The molecule has 1 aliphatic heterocycles. The highest BCUT2D eigenvalue weighted by Crippen LogP contribution is 2.23. The summed E-state index contributed by atoms with van der Waals surface area (Å²) in [7, 11) is 2.38. The molecule has 1 aliphatic rings. The predicted octanol–water partition coefficient (Wildman–Crippen LogP) is 3.84. The molecule has 1 nitrogen and oxygen atoms in total. The van der Waals surface area contributed by atoms with E-state index in [-0.39, 0.29) is 0 Å². The number of piperidine rings is 1. The van der Waals surface area contributed by atoms with Crippen molar-refractivity contribution in [3.05, 3.63) is 0 Å². The van der Waals surface area contributed by atoms with Gasteiger partial charge in [0.1, 0.15) is 6.54 Å². The Morgan fingerprint density at radius 3 is 2.35 bits per heavy atom. The van der Waals surface area contributed by atoms with Crippen molar-refractivity contribution in [2.45, 2.75) is 58.8 Å². The van der Waals surface area contributed by atoms with E-state index in [9.17, 15) is 0 Å². The standard InChI is InChI=1S/C16H30N/c1-4-6-7-8-9-10-13-17(3)14-11-16(5-2)12-15-17/h16H,4-8,11-15H2,1-3H3/q+1. The third kappa shape index (κ3) is 5.59. The SMILES string of the molecule is CCCCCC#CC[N+]1(C)CCC(CC)CC1. The number of nitrogens with zero attached hydrogens (tertiary/aromatic N) is 1. The topological polar surface area (TPSA) is 0 Å². The molecule has 1 heteroatoms. The van der Waals surface area contributed by atoms with E-state index in [1.807, 2.05) is 0 Å². The number of likely N-dealkylation sites (tertiary alicyclic amines) is 1. The second kappa shape index (κ2) is 7.77. The van der Waals surface area contributed by atoms with Gasteiger partial charge in [0.15, 0.2) is 0 Å². The zero-order valence-corrected chi connectivity index (χ0v) is 12.1. The summed E-state index contributed by atoms with van der Waals surface area (Å²) in [5.74, 6) is 7.75. The normalized spacial score (nSPS) is 28.5. The Balaban J connectivity index is 2.21. The van der Waals surface area contributed by atoms with E-state index >= 15 is 0 Å². The van der Waals surface area contributed by atoms with Crippen molar-refractivity contribution in [1.29, 1.82) is 0 Å². The van der Waals surface area contributed by atoms with Crippen LogP contribution in [-0.4, -0.2) is 31.2 Å². The Morgan fingerprint density at radius 1 is 1.06 bits per heavy atom. The molecular formula is C16H30N+. The van der Waals surface area contributed by atoms with Crippen molar-refractivity contribution in [2.24, 2.45) is 5.92 Å². The number of hydrogen-bond acceptors (Lipinski definition) is 0. The highest BCUT2D eigenvalue weighted by Gasteiger charge is 2.28. The molecule has 1 fully saturated rings. The van der Waals surface area contributed by atoms with Crippen molar-refractivity contribution in [1.82, 2.24) is 0 Å². The molecule has 1 heterocycles. The molecule has 0 aromatic rings. The van der Waals surface area contributed by atoms with Crippen molar-refractivity contribution < 1.29 is 4.48 Å². The first kappa shape index (κ1) is 14.6. The summed E-state index contributed by atoms with van der Waals surface area (Å²) in [6, 6.07) is 0. The van der Waals surface area contributed by atoms with E-state index in [2.05, 4.69) is 32.7 Å². The quantitative estimate of drug-likeness (QED) is 0.386. The first-order valence-corrected chi connectivity index (χ1v) is 7.49. The van der Waals surface area contributed by atoms with Gasteiger partial charge in [0, 0.05) is 6.42 Å². The van der Waals surface area contributed by atoms with Crippen molar-refractivity contribution in [2.75, 3.05) is 26.7 Å². The molecule has 0 aliphatic carbocycles. The minimum Gasteiger partial charge on any atom is -0.316 e. The largest absolute Gasteiger partial charge is 0.316 e. The van der Waals surface area contributed by atoms with E-state index < -0.39 is 0 Å². The van der Waals surface area contributed by atoms with Crippen LogP contribution in [0.1, 0.15) is 58.8 Å². The average molecular weight is 236 g/mol. The van der Waals surface area contributed by atoms with Gasteiger partial charge < -0.3 is 4.48 Å². The maximum Gasteiger partial charge on any atom is 0.140 e. The summed E-state index contributed by atoms with van der Waals surface area (Å²) < 4.78 is 1.19. The lowest BCUT2D eigenvalue weighted by Gasteiger charge is -2.39. The smallest absolute Gasteiger partial charge is 0.140 e. The second-order valence-corrected chi connectivity index (χ2v) is 5.89. The molecule has 1 rings (SSSR count). The molecule has 0 unspecified atom stereocenters. The third-order valence-corrected chi connectivity index (χ3v) is 4.22. The summed E-state index contributed by atoms with van der Waals surface area (Å²) in [5, 5.41) is 0. The minimum atomic E-state index is 0.985. The van der Waals surface area contributed by atoms with Gasteiger partial charge in [-0.2, -0.15) is 0 Å². The van der Waals surface area contributed by atoms with Crippen molar-refractivity contribution in [3.8, 4) is 11.8 Å². The van der Waals surface area contributed by atoms with Crippen LogP contribution in [0.3, 0.4) is 0 Å².